The topological polar surface area (TPSA) is 57.9 Å². The standard InChI is InChI=1S/C19H26N4O2S/c1-14-13-26-19-20-16(11-17(24)23(14)19)12-21-7-9-22(10-8-21)18(25)15-5-3-2-4-6-15/h11,13,15H,2-10,12H2,1H3. The fraction of sp³-hybridized carbons (Fsp3) is 0.632. The van der Waals surface area contributed by atoms with Gasteiger partial charge in [0, 0.05) is 55.8 Å². The molecule has 2 aromatic rings. The Morgan fingerprint density at radius 2 is 1.92 bits per heavy atom. The van der Waals surface area contributed by atoms with Crippen molar-refractivity contribution in [2.24, 2.45) is 5.92 Å². The Kier molecular flexibility index (Phi) is 5.09. The maximum Gasteiger partial charge on any atom is 0.259 e. The van der Waals surface area contributed by atoms with E-state index in [0.717, 1.165) is 55.4 Å². The summed E-state index contributed by atoms with van der Waals surface area (Å²) in [6.07, 6.45) is 5.80. The average molecular weight is 375 g/mol. The molecule has 1 saturated heterocycles. The van der Waals surface area contributed by atoms with Crippen LogP contribution in [0.15, 0.2) is 16.2 Å². The van der Waals surface area contributed by atoms with Crippen LogP contribution in [0.5, 0.6) is 0 Å². The molecule has 0 N–H and O–H groups in total. The zero-order valence-electron chi connectivity index (χ0n) is 15.3. The van der Waals surface area contributed by atoms with E-state index >= 15 is 0 Å². The number of rotatable bonds is 3. The van der Waals surface area contributed by atoms with E-state index in [0.29, 0.717) is 12.5 Å². The SMILES string of the molecule is Cc1csc2nc(CN3CCN(C(=O)C4CCCCC4)CC3)cc(=O)n12. The van der Waals surface area contributed by atoms with Crippen LogP contribution in [0.2, 0.25) is 0 Å². The molecule has 140 valence electrons. The number of carbonyl (C=O) groups is 1. The first-order valence-electron chi connectivity index (χ1n) is 9.60. The number of carbonyl (C=O) groups excluding carboxylic acids is 1. The molecule has 1 amide bonds. The normalized spacial score (nSPS) is 20.0. The fourth-order valence-electron chi connectivity index (χ4n) is 4.15. The number of aromatic nitrogens is 2. The van der Waals surface area contributed by atoms with Crippen LogP contribution >= 0.6 is 11.3 Å². The fourth-order valence-corrected chi connectivity index (χ4v) is 5.04. The van der Waals surface area contributed by atoms with E-state index in [1.54, 1.807) is 10.5 Å². The summed E-state index contributed by atoms with van der Waals surface area (Å²) in [6.45, 7) is 5.87. The first-order chi connectivity index (χ1) is 12.6. The summed E-state index contributed by atoms with van der Waals surface area (Å²) in [5.74, 6) is 0.609. The molecule has 2 aromatic heterocycles. The quantitative estimate of drug-likeness (QED) is 0.827. The third kappa shape index (κ3) is 3.55. The minimum atomic E-state index is -0.00476. The number of piperazine rings is 1. The minimum absolute atomic E-state index is 0.00476. The van der Waals surface area contributed by atoms with E-state index in [1.165, 1.54) is 30.6 Å². The highest BCUT2D eigenvalue weighted by Crippen LogP contribution is 2.26. The number of fused-ring (bicyclic) bond motifs is 1. The first kappa shape index (κ1) is 17.7. The largest absolute Gasteiger partial charge is 0.340 e. The zero-order valence-corrected chi connectivity index (χ0v) is 16.1. The molecular formula is C19H26N4O2S. The molecule has 0 radical (unpaired) electrons. The van der Waals surface area contributed by atoms with Crippen LogP contribution in [0.4, 0.5) is 0 Å². The maximum absolute atomic E-state index is 12.7. The van der Waals surface area contributed by atoms with Crippen molar-refractivity contribution in [3.63, 3.8) is 0 Å². The first-order valence-corrected chi connectivity index (χ1v) is 10.5. The molecule has 1 saturated carbocycles. The third-order valence-electron chi connectivity index (χ3n) is 5.65. The van der Waals surface area contributed by atoms with Gasteiger partial charge in [0.2, 0.25) is 5.91 Å². The zero-order chi connectivity index (χ0) is 18.1. The summed E-state index contributed by atoms with van der Waals surface area (Å²) in [4.78, 5) is 34.7. The Balaban J connectivity index is 1.36. The Morgan fingerprint density at radius 3 is 2.65 bits per heavy atom. The number of hydrogen-bond donors (Lipinski definition) is 0. The molecule has 0 aromatic carbocycles. The maximum atomic E-state index is 12.7. The molecule has 6 nitrogen and oxygen atoms in total. The second kappa shape index (κ2) is 7.48. The van der Waals surface area contributed by atoms with Gasteiger partial charge in [-0.15, -0.1) is 11.3 Å². The summed E-state index contributed by atoms with van der Waals surface area (Å²) in [5.41, 5.74) is 1.75. The van der Waals surface area contributed by atoms with Crippen molar-refractivity contribution >= 4 is 22.2 Å². The van der Waals surface area contributed by atoms with Gasteiger partial charge in [-0.25, -0.2) is 4.98 Å². The molecule has 4 rings (SSSR count). The highest BCUT2D eigenvalue weighted by molar-refractivity contribution is 7.15. The van der Waals surface area contributed by atoms with Crippen LogP contribution in [0.1, 0.15) is 43.5 Å². The molecule has 1 aliphatic carbocycles. The van der Waals surface area contributed by atoms with E-state index < -0.39 is 0 Å². The predicted molar refractivity (Wildman–Crippen MR) is 103 cm³/mol. The van der Waals surface area contributed by atoms with E-state index in [2.05, 4.69) is 9.88 Å². The van der Waals surface area contributed by atoms with Crippen molar-refractivity contribution in [2.45, 2.75) is 45.6 Å². The number of hydrogen-bond acceptors (Lipinski definition) is 5. The molecular weight excluding hydrogens is 348 g/mol. The molecule has 0 spiro atoms. The Morgan fingerprint density at radius 1 is 1.19 bits per heavy atom. The minimum Gasteiger partial charge on any atom is -0.340 e. The molecule has 3 heterocycles. The van der Waals surface area contributed by atoms with Crippen LogP contribution < -0.4 is 5.56 Å². The van der Waals surface area contributed by atoms with Gasteiger partial charge in [-0.2, -0.15) is 0 Å². The van der Waals surface area contributed by atoms with Crippen LogP contribution in [-0.2, 0) is 11.3 Å². The van der Waals surface area contributed by atoms with Crippen molar-refractivity contribution in [3.05, 3.63) is 33.2 Å². The van der Waals surface area contributed by atoms with Crippen LogP contribution in [0, 0.1) is 12.8 Å². The van der Waals surface area contributed by atoms with Gasteiger partial charge in [-0.05, 0) is 19.8 Å². The van der Waals surface area contributed by atoms with Gasteiger partial charge in [0.1, 0.15) is 0 Å². The number of aryl methyl sites for hydroxylation is 1. The Bertz CT molecular complexity index is 845. The van der Waals surface area contributed by atoms with Crippen LogP contribution in [0.25, 0.3) is 4.96 Å². The van der Waals surface area contributed by atoms with Crippen molar-refractivity contribution in [2.75, 3.05) is 26.2 Å². The lowest BCUT2D eigenvalue weighted by Crippen LogP contribution is -2.50. The van der Waals surface area contributed by atoms with Gasteiger partial charge < -0.3 is 4.90 Å². The monoisotopic (exact) mass is 374 g/mol. The van der Waals surface area contributed by atoms with E-state index in [4.69, 9.17) is 0 Å². The molecule has 2 fully saturated rings. The van der Waals surface area contributed by atoms with Crippen molar-refractivity contribution in [3.8, 4) is 0 Å². The summed E-state index contributed by atoms with van der Waals surface area (Å²) in [7, 11) is 0. The van der Waals surface area contributed by atoms with Gasteiger partial charge in [0.25, 0.3) is 5.56 Å². The summed E-state index contributed by atoms with van der Waals surface area (Å²) < 4.78 is 1.66. The number of nitrogens with zero attached hydrogens (tertiary/aromatic N) is 4. The molecule has 7 heteroatoms. The molecule has 0 bridgehead atoms. The molecule has 26 heavy (non-hydrogen) atoms. The lowest BCUT2D eigenvalue weighted by Gasteiger charge is -2.37. The van der Waals surface area contributed by atoms with Crippen molar-refractivity contribution in [1.29, 1.82) is 0 Å². The number of thiazole rings is 1. The summed E-state index contributed by atoms with van der Waals surface area (Å²) in [6, 6.07) is 1.65. The van der Waals surface area contributed by atoms with Gasteiger partial charge in [0.05, 0.1) is 5.69 Å². The third-order valence-corrected chi connectivity index (χ3v) is 6.60. The summed E-state index contributed by atoms with van der Waals surface area (Å²) >= 11 is 1.50. The average Bonchev–Trinajstić information content (AvgIpc) is 3.04. The smallest absolute Gasteiger partial charge is 0.259 e. The van der Waals surface area contributed by atoms with Gasteiger partial charge in [0.15, 0.2) is 4.96 Å². The van der Waals surface area contributed by atoms with Crippen LogP contribution in [0.3, 0.4) is 0 Å². The van der Waals surface area contributed by atoms with E-state index in [-0.39, 0.29) is 11.5 Å². The lowest BCUT2D eigenvalue weighted by molar-refractivity contribution is -0.138. The van der Waals surface area contributed by atoms with E-state index in [9.17, 15) is 9.59 Å². The molecule has 0 atom stereocenters. The van der Waals surface area contributed by atoms with E-state index in [1.807, 2.05) is 17.2 Å². The second-order valence-electron chi connectivity index (χ2n) is 7.52. The van der Waals surface area contributed by atoms with Crippen molar-refractivity contribution in [1.82, 2.24) is 19.2 Å². The molecule has 2 aliphatic rings. The molecule has 0 unspecified atom stereocenters. The summed E-state index contributed by atoms with van der Waals surface area (Å²) in [5, 5.41) is 1.96. The van der Waals surface area contributed by atoms with Gasteiger partial charge in [-0.1, -0.05) is 19.3 Å². The predicted octanol–water partition coefficient (Wildman–Crippen LogP) is 2.29. The lowest BCUT2D eigenvalue weighted by atomic mass is 9.88. The van der Waals surface area contributed by atoms with Gasteiger partial charge >= 0.3 is 0 Å². The van der Waals surface area contributed by atoms with Crippen molar-refractivity contribution < 1.29 is 4.79 Å². The second-order valence-corrected chi connectivity index (χ2v) is 8.35. The van der Waals surface area contributed by atoms with Crippen LogP contribution in [-0.4, -0.2) is 51.3 Å². The Labute approximate surface area is 157 Å². The number of amides is 1. The molecule has 1 aliphatic heterocycles. The highest BCUT2D eigenvalue weighted by Gasteiger charge is 2.28. The Hall–Kier alpha value is -1.73. The highest BCUT2D eigenvalue weighted by atomic mass is 32.1. The van der Waals surface area contributed by atoms with Gasteiger partial charge in [-0.3, -0.25) is 18.9 Å².